The van der Waals surface area contributed by atoms with Crippen LogP contribution in [-0.2, 0) is 0 Å². The summed E-state index contributed by atoms with van der Waals surface area (Å²) in [4.78, 5) is 10.2. The maximum atomic E-state index is 10.7. The molecule has 0 radical (unpaired) electrons. The Kier molecular flexibility index (Phi) is 5.08. The van der Waals surface area contributed by atoms with Crippen LogP contribution < -0.4 is 5.32 Å². The number of benzene rings is 2. The summed E-state index contributed by atoms with van der Waals surface area (Å²) in [5.41, 5.74) is 1.49. The first-order valence-electron chi connectivity index (χ1n) is 6.04. The average Bonchev–Trinajstić information content (AvgIpc) is 2.40. The van der Waals surface area contributed by atoms with Crippen molar-refractivity contribution in [1.29, 1.82) is 0 Å². The van der Waals surface area contributed by atoms with Gasteiger partial charge in [0.05, 0.1) is 21.7 Å². The Morgan fingerprint density at radius 1 is 1.19 bits per heavy atom. The van der Waals surface area contributed by atoms with Crippen LogP contribution >= 0.6 is 39.1 Å². The van der Waals surface area contributed by atoms with Gasteiger partial charge in [0.2, 0.25) is 0 Å². The van der Waals surface area contributed by atoms with Gasteiger partial charge in [0, 0.05) is 21.6 Å². The van der Waals surface area contributed by atoms with E-state index < -0.39 is 4.92 Å². The van der Waals surface area contributed by atoms with Crippen LogP contribution in [0, 0.1) is 10.1 Å². The summed E-state index contributed by atoms with van der Waals surface area (Å²) >= 11 is 15.6. The molecule has 0 heterocycles. The van der Waals surface area contributed by atoms with Gasteiger partial charge in [-0.2, -0.15) is 0 Å². The zero-order valence-electron chi connectivity index (χ0n) is 10.9. The Morgan fingerprint density at radius 2 is 1.90 bits per heavy atom. The highest BCUT2D eigenvalue weighted by molar-refractivity contribution is 9.10. The Bertz CT molecular complexity index is 695. The van der Waals surface area contributed by atoms with Crippen molar-refractivity contribution < 1.29 is 4.92 Å². The molecule has 0 saturated carbocycles. The predicted octanol–water partition coefficient (Wildman–Crippen LogP) is 5.84. The summed E-state index contributed by atoms with van der Waals surface area (Å²) in [6.07, 6.45) is 0. The fraction of sp³-hybridized carbons (Fsp3) is 0.143. The molecule has 7 heteroatoms. The lowest BCUT2D eigenvalue weighted by Gasteiger charge is -2.18. The molecule has 0 aliphatic heterocycles. The molecule has 4 nitrogen and oxygen atoms in total. The zero-order valence-corrected chi connectivity index (χ0v) is 14.0. The number of anilines is 1. The highest BCUT2D eigenvalue weighted by Crippen LogP contribution is 2.32. The quantitative estimate of drug-likeness (QED) is 0.528. The first-order valence-corrected chi connectivity index (χ1v) is 7.59. The van der Waals surface area contributed by atoms with Gasteiger partial charge in [-0.05, 0) is 30.7 Å². The zero-order chi connectivity index (χ0) is 15.6. The first-order chi connectivity index (χ1) is 9.88. The van der Waals surface area contributed by atoms with Crippen LogP contribution in [0.4, 0.5) is 11.4 Å². The van der Waals surface area contributed by atoms with Crippen LogP contribution in [0.2, 0.25) is 10.0 Å². The molecule has 0 amide bonds. The molecule has 2 aromatic carbocycles. The lowest BCUT2D eigenvalue weighted by molar-refractivity contribution is -0.384. The Labute approximate surface area is 140 Å². The van der Waals surface area contributed by atoms with Crippen molar-refractivity contribution >= 4 is 50.5 Å². The SMILES string of the molecule is CC(Nc1ccc([N+](=O)[O-])cc1Cl)c1ccc(Br)cc1Cl. The van der Waals surface area contributed by atoms with Gasteiger partial charge < -0.3 is 5.32 Å². The van der Waals surface area contributed by atoms with Crippen molar-refractivity contribution in [3.63, 3.8) is 0 Å². The van der Waals surface area contributed by atoms with Crippen molar-refractivity contribution in [2.24, 2.45) is 0 Å². The molecule has 2 aromatic rings. The maximum Gasteiger partial charge on any atom is 0.271 e. The minimum Gasteiger partial charge on any atom is -0.377 e. The van der Waals surface area contributed by atoms with E-state index in [4.69, 9.17) is 23.2 Å². The summed E-state index contributed by atoms with van der Waals surface area (Å²) in [5, 5.41) is 14.8. The van der Waals surface area contributed by atoms with E-state index in [1.54, 1.807) is 6.07 Å². The molecular formula is C14H11BrCl2N2O2. The van der Waals surface area contributed by atoms with Crippen LogP contribution in [0.15, 0.2) is 40.9 Å². The summed E-state index contributed by atoms with van der Waals surface area (Å²) in [7, 11) is 0. The number of rotatable bonds is 4. The van der Waals surface area contributed by atoms with Crippen LogP contribution in [0.1, 0.15) is 18.5 Å². The molecule has 0 aliphatic carbocycles. The van der Waals surface area contributed by atoms with Crippen LogP contribution in [0.3, 0.4) is 0 Å². The second-order valence-electron chi connectivity index (χ2n) is 4.45. The Hall–Kier alpha value is -1.30. The highest BCUT2D eigenvalue weighted by Gasteiger charge is 2.14. The third-order valence-corrected chi connectivity index (χ3v) is 4.10. The van der Waals surface area contributed by atoms with Crippen LogP contribution in [0.5, 0.6) is 0 Å². The smallest absolute Gasteiger partial charge is 0.271 e. The van der Waals surface area contributed by atoms with Gasteiger partial charge in [-0.1, -0.05) is 45.2 Å². The van der Waals surface area contributed by atoms with Crippen molar-refractivity contribution in [3.8, 4) is 0 Å². The standard InChI is InChI=1S/C14H11BrCl2N2O2/c1-8(11-4-2-9(15)6-12(11)16)18-14-5-3-10(19(20)21)7-13(14)17/h2-8,18H,1H3. The van der Waals surface area contributed by atoms with Crippen molar-refractivity contribution in [1.82, 2.24) is 0 Å². The molecule has 1 unspecified atom stereocenters. The number of hydrogen-bond donors (Lipinski definition) is 1. The molecule has 0 bridgehead atoms. The van der Waals surface area contributed by atoms with Crippen molar-refractivity contribution in [2.45, 2.75) is 13.0 Å². The molecule has 0 saturated heterocycles. The van der Waals surface area contributed by atoms with E-state index in [-0.39, 0.29) is 11.7 Å². The van der Waals surface area contributed by atoms with E-state index in [0.29, 0.717) is 15.7 Å². The normalized spacial score (nSPS) is 12.0. The summed E-state index contributed by atoms with van der Waals surface area (Å²) < 4.78 is 0.900. The van der Waals surface area contributed by atoms with Gasteiger partial charge in [-0.3, -0.25) is 10.1 Å². The molecule has 1 N–H and O–H groups in total. The van der Waals surface area contributed by atoms with E-state index in [9.17, 15) is 10.1 Å². The lowest BCUT2D eigenvalue weighted by Crippen LogP contribution is -2.07. The average molecular weight is 390 g/mol. The third-order valence-electron chi connectivity index (χ3n) is 2.96. The van der Waals surface area contributed by atoms with Gasteiger partial charge in [-0.25, -0.2) is 0 Å². The summed E-state index contributed by atoms with van der Waals surface area (Å²) in [6.45, 7) is 1.94. The number of non-ortho nitro benzene ring substituents is 1. The van der Waals surface area contributed by atoms with E-state index >= 15 is 0 Å². The maximum absolute atomic E-state index is 10.7. The second-order valence-corrected chi connectivity index (χ2v) is 6.18. The predicted molar refractivity (Wildman–Crippen MR) is 89.3 cm³/mol. The topological polar surface area (TPSA) is 55.2 Å². The van der Waals surface area contributed by atoms with Gasteiger partial charge >= 0.3 is 0 Å². The molecule has 2 rings (SSSR count). The molecule has 0 fully saturated rings. The van der Waals surface area contributed by atoms with E-state index in [0.717, 1.165) is 10.0 Å². The van der Waals surface area contributed by atoms with Crippen molar-refractivity contribution in [3.05, 3.63) is 66.6 Å². The lowest BCUT2D eigenvalue weighted by atomic mass is 10.1. The number of hydrogen-bond acceptors (Lipinski definition) is 3. The fourth-order valence-corrected chi connectivity index (χ4v) is 2.96. The molecule has 21 heavy (non-hydrogen) atoms. The van der Waals surface area contributed by atoms with Gasteiger partial charge in [0.15, 0.2) is 0 Å². The minimum absolute atomic E-state index is 0.0418. The Morgan fingerprint density at radius 3 is 2.48 bits per heavy atom. The molecular weight excluding hydrogens is 379 g/mol. The molecule has 1 atom stereocenters. The van der Waals surface area contributed by atoms with Gasteiger partial charge in [0.25, 0.3) is 5.69 Å². The van der Waals surface area contributed by atoms with Gasteiger partial charge in [-0.15, -0.1) is 0 Å². The molecule has 0 aromatic heterocycles. The minimum atomic E-state index is -0.481. The number of nitrogens with zero attached hydrogens (tertiary/aromatic N) is 1. The number of nitro groups is 1. The summed E-state index contributed by atoms with van der Waals surface area (Å²) in [6, 6.07) is 9.84. The fourth-order valence-electron chi connectivity index (χ4n) is 1.90. The molecule has 110 valence electrons. The molecule has 0 spiro atoms. The van der Waals surface area contributed by atoms with Crippen LogP contribution in [-0.4, -0.2) is 4.92 Å². The van der Waals surface area contributed by atoms with Crippen LogP contribution in [0.25, 0.3) is 0 Å². The molecule has 0 aliphatic rings. The summed E-state index contributed by atoms with van der Waals surface area (Å²) in [5.74, 6) is 0. The number of nitrogens with one attached hydrogen (secondary N) is 1. The second kappa shape index (κ2) is 6.64. The largest absolute Gasteiger partial charge is 0.377 e. The van der Waals surface area contributed by atoms with E-state index in [2.05, 4.69) is 21.2 Å². The first kappa shape index (κ1) is 16.1. The van der Waals surface area contributed by atoms with Gasteiger partial charge in [0.1, 0.15) is 0 Å². The van der Waals surface area contributed by atoms with E-state index in [1.165, 1.54) is 12.1 Å². The number of halogens is 3. The third kappa shape index (κ3) is 3.87. The van der Waals surface area contributed by atoms with Crippen molar-refractivity contribution in [2.75, 3.05) is 5.32 Å². The highest BCUT2D eigenvalue weighted by atomic mass is 79.9. The monoisotopic (exact) mass is 388 g/mol. The van der Waals surface area contributed by atoms with E-state index in [1.807, 2.05) is 25.1 Å². The number of nitro benzene ring substituents is 1. The Balaban J connectivity index is 2.23.